The van der Waals surface area contributed by atoms with Gasteiger partial charge in [0.1, 0.15) is 11.9 Å². The first-order valence-corrected chi connectivity index (χ1v) is 3.25. The Morgan fingerprint density at radius 3 is 2.50 bits per heavy atom. The lowest BCUT2D eigenvalue weighted by Gasteiger charge is -2.19. The summed E-state index contributed by atoms with van der Waals surface area (Å²) in [4.78, 5) is 9.24. The maximum Gasteiger partial charge on any atom is 0.131 e. The van der Waals surface area contributed by atoms with E-state index in [1.165, 1.54) is 0 Å². The molecule has 0 unspecified atom stereocenters. The van der Waals surface area contributed by atoms with Gasteiger partial charge in [0.05, 0.1) is 6.20 Å². The Labute approximate surface area is 60.6 Å². The number of rotatable bonds is 1. The quantitative estimate of drug-likeness (QED) is 0.584. The summed E-state index contributed by atoms with van der Waals surface area (Å²) < 4.78 is 1.60. The molecule has 0 N–H and O–H groups in total. The molecule has 0 aliphatic rings. The highest BCUT2D eigenvalue weighted by molar-refractivity contribution is 4.71. The van der Waals surface area contributed by atoms with Crippen molar-refractivity contribution >= 4 is 0 Å². The molecule has 0 saturated carbocycles. The van der Waals surface area contributed by atoms with E-state index in [-0.39, 0.29) is 5.60 Å². The van der Waals surface area contributed by atoms with Crippen LogP contribution in [0.25, 0.3) is 0 Å². The Hall–Kier alpha value is -0.990. The molecule has 0 radical (unpaired) electrons. The maximum absolute atomic E-state index is 5.40. The van der Waals surface area contributed by atoms with Crippen molar-refractivity contribution in [3.8, 4) is 0 Å². The van der Waals surface area contributed by atoms with Gasteiger partial charge < -0.3 is 4.84 Å². The first-order chi connectivity index (χ1) is 4.58. The summed E-state index contributed by atoms with van der Waals surface area (Å²) in [6.07, 6.45) is 5.09. The molecular formula is C7H12N2O. The van der Waals surface area contributed by atoms with E-state index < -0.39 is 0 Å². The molecule has 3 heteroatoms. The van der Waals surface area contributed by atoms with Crippen molar-refractivity contribution in [2.75, 3.05) is 0 Å². The topological polar surface area (TPSA) is 27.1 Å². The van der Waals surface area contributed by atoms with Gasteiger partial charge in [-0.15, -0.1) is 0 Å². The highest BCUT2D eigenvalue weighted by Crippen LogP contribution is 2.01. The minimum absolute atomic E-state index is 0.152. The summed E-state index contributed by atoms with van der Waals surface area (Å²) in [5.41, 5.74) is -0.152. The zero-order chi connectivity index (χ0) is 7.61. The zero-order valence-electron chi connectivity index (χ0n) is 6.53. The number of aromatic nitrogens is 2. The van der Waals surface area contributed by atoms with E-state index in [0.29, 0.717) is 0 Å². The molecule has 1 aromatic rings. The average molecular weight is 140 g/mol. The molecule has 0 atom stereocenters. The fourth-order valence-electron chi connectivity index (χ4n) is 0.617. The number of hydrogen-bond donors (Lipinski definition) is 0. The third kappa shape index (κ3) is 2.09. The van der Waals surface area contributed by atoms with Gasteiger partial charge in [0.2, 0.25) is 0 Å². The molecule has 1 heterocycles. The second-order valence-corrected chi connectivity index (χ2v) is 3.13. The van der Waals surface area contributed by atoms with Gasteiger partial charge in [-0.1, -0.05) is 0 Å². The van der Waals surface area contributed by atoms with Gasteiger partial charge in [0.25, 0.3) is 0 Å². The molecular weight excluding hydrogens is 128 g/mol. The maximum atomic E-state index is 5.40. The van der Waals surface area contributed by atoms with E-state index in [1.807, 2.05) is 20.8 Å². The molecule has 0 fully saturated rings. The van der Waals surface area contributed by atoms with Gasteiger partial charge in [-0.25, -0.2) is 4.98 Å². The van der Waals surface area contributed by atoms with E-state index >= 15 is 0 Å². The molecule has 0 aliphatic heterocycles. The second-order valence-electron chi connectivity index (χ2n) is 3.13. The molecule has 1 rings (SSSR count). The van der Waals surface area contributed by atoms with Gasteiger partial charge in [0.15, 0.2) is 0 Å². The van der Waals surface area contributed by atoms with Crippen LogP contribution in [0.5, 0.6) is 0 Å². The van der Waals surface area contributed by atoms with Gasteiger partial charge in [-0.2, -0.15) is 4.73 Å². The van der Waals surface area contributed by atoms with E-state index in [9.17, 15) is 0 Å². The minimum Gasteiger partial charge on any atom is -0.407 e. The second kappa shape index (κ2) is 2.33. The summed E-state index contributed by atoms with van der Waals surface area (Å²) in [5.74, 6) is 0. The van der Waals surface area contributed by atoms with Gasteiger partial charge >= 0.3 is 0 Å². The van der Waals surface area contributed by atoms with Crippen molar-refractivity contribution in [3.05, 3.63) is 18.7 Å². The summed E-state index contributed by atoms with van der Waals surface area (Å²) in [6, 6.07) is 0. The lowest BCUT2D eigenvalue weighted by molar-refractivity contribution is -0.0153. The van der Waals surface area contributed by atoms with Gasteiger partial charge in [-0.3, -0.25) is 0 Å². The summed E-state index contributed by atoms with van der Waals surface area (Å²) >= 11 is 0. The van der Waals surface area contributed by atoms with Crippen LogP contribution in [-0.4, -0.2) is 15.3 Å². The Kier molecular flexibility index (Phi) is 1.66. The molecule has 0 aliphatic carbocycles. The Morgan fingerprint density at radius 1 is 1.40 bits per heavy atom. The fourth-order valence-corrected chi connectivity index (χ4v) is 0.617. The summed E-state index contributed by atoms with van der Waals surface area (Å²) in [6.45, 7) is 5.98. The van der Waals surface area contributed by atoms with Crippen LogP contribution in [0, 0.1) is 0 Å². The van der Waals surface area contributed by atoms with E-state index in [4.69, 9.17) is 4.84 Å². The summed E-state index contributed by atoms with van der Waals surface area (Å²) in [7, 11) is 0. The highest BCUT2D eigenvalue weighted by Gasteiger charge is 2.10. The highest BCUT2D eigenvalue weighted by atomic mass is 16.7. The number of nitrogens with zero attached hydrogens (tertiary/aromatic N) is 2. The number of hydrogen-bond acceptors (Lipinski definition) is 2. The van der Waals surface area contributed by atoms with Gasteiger partial charge in [-0.05, 0) is 20.8 Å². The number of imidazole rings is 1. The Morgan fingerprint density at radius 2 is 2.10 bits per heavy atom. The molecule has 56 valence electrons. The molecule has 1 aromatic heterocycles. The monoisotopic (exact) mass is 140 g/mol. The standard InChI is InChI=1S/C7H12N2O/c1-7(2,3)10-9-5-4-8-6-9/h4-6H,1-3H3. The molecule has 0 amide bonds. The van der Waals surface area contributed by atoms with Crippen molar-refractivity contribution in [1.82, 2.24) is 9.71 Å². The van der Waals surface area contributed by atoms with Crippen molar-refractivity contribution < 1.29 is 4.84 Å². The third-order valence-corrected chi connectivity index (χ3v) is 0.859. The smallest absolute Gasteiger partial charge is 0.131 e. The third-order valence-electron chi connectivity index (χ3n) is 0.859. The first-order valence-electron chi connectivity index (χ1n) is 3.25. The molecule has 0 spiro atoms. The van der Waals surface area contributed by atoms with Crippen molar-refractivity contribution in [1.29, 1.82) is 0 Å². The summed E-state index contributed by atoms with van der Waals surface area (Å²) in [5, 5.41) is 0. The average Bonchev–Trinajstić information content (AvgIpc) is 2.12. The van der Waals surface area contributed by atoms with Crippen LogP contribution in [-0.2, 0) is 0 Å². The normalized spacial score (nSPS) is 11.5. The zero-order valence-corrected chi connectivity index (χ0v) is 6.53. The lowest BCUT2D eigenvalue weighted by atomic mass is 10.2. The van der Waals surface area contributed by atoms with Crippen LogP contribution in [0.1, 0.15) is 20.8 Å². The SMILES string of the molecule is CC(C)(C)On1ccnc1. The van der Waals surface area contributed by atoms with E-state index in [2.05, 4.69) is 4.98 Å². The van der Waals surface area contributed by atoms with Crippen LogP contribution in [0.3, 0.4) is 0 Å². The molecule has 10 heavy (non-hydrogen) atoms. The Bertz CT molecular complexity index is 186. The van der Waals surface area contributed by atoms with Crippen LogP contribution < -0.4 is 4.84 Å². The lowest BCUT2D eigenvalue weighted by Crippen LogP contribution is -2.30. The molecule has 0 bridgehead atoms. The van der Waals surface area contributed by atoms with Crippen molar-refractivity contribution in [2.24, 2.45) is 0 Å². The van der Waals surface area contributed by atoms with Crippen LogP contribution in [0.4, 0.5) is 0 Å². The van der Waals surface area contributed by atoms with E-state index in [1.54, 1.807) is 23.5 Å². The largest absolute Gasteiger partial charge is 0.407 e. The van der Waals surface area contributed by atoms with Crippen LogP contribution in [0.2, 0.25) is 0 Å². The predicted molar refractivity (Wildman–Crippen MR) is 38.6 cm³/mol. The molecule has 0 aromatic carbocycles. The van der Waals surface area contributed by atoms with Crippen molar-refractivity contribution in [3.63, 3.8) is 0 Å². The fraction of sp³-hybridized carbons (Fsp3) is 0.571. The first kappa shape index (κ1) is 7.12. The van der Waals surface area contributed by atoms with Gasteiger partial charge in [0, 0.05) is 6.20 Å². The molecule has 0 saturated heterocycles. The minimum atomic E-state index is -0.152. The molecule has 3 nitrogen and oxygen atoms in total. The Balaban J connectivity index is 2.57. The predicted octanol–water partition coefficient (Wildman–Crippen LogP) is 1.11. The van der Waals surface area contributed by atoms with Crippen LogP contribution in [0.15, 0.2) is 18.7 Å². The van der Waals surface area contributed by atoms with Crippen molar-refractivity contribution in [2.45, 2.75) is 26.4 Å². The van der Waals surface area contributed by atoms with Crippen LogP contribution >= 0.6 is 0 Å². The van der Waals surface area contributed by atoms with E-state index in [0.717, 1.165) is 0 Å².